The summed E-state index contributed by atoms with van der Waals surface area (Å²) < 4.78 is 0. The standard InChI is InChI=1S/C15H23N3O5/c1-4-15(5-2)13(22)18(14(23)16-15)8-11(19)17-6-9(3)10(7-17)12(20)21/h9-10H,4-8H2,1-3H3,(H,16,23)(H,20,21)/t9-,10-/m1/s1. The molecule has 0 bridgehead atoms. The van der Waals surface area contributed by atoms with Gasteiger partial charge < -0.3 is 15.3 Å². The highest BCUT2D eigenvalue weighted by Gasteiger charge is 2.49. The van der Waals surface area contributed by atoms with Crippen molar-refractivity contribution in [3.8, 4) is 0 Å². The number of rotatable bonds is 5. The van der Waals surface area contributed by atoms with Gasteiger partial charge in [-0.3, -0.25) is 19.3 Å². The third-order valence-electron chi connectivity index (χ3n) is 5.03. The first-order chi connectivity index (χ1) is 10.8. The van der Waals surface area contributed by atoms with E-state index in [1.165, 1.54) is 4.90 Å². The van der Waals surface area contributed by atoms with E-state index in [0.717, 1.165) is 4.90 Å². The van der Waals surface area contributed by atoms with Crippen molar-refractivity contribution in [2.75, 3.05) is 19.6 Å². The van der Waals surface area contributed by atoms with Gasteiger partial charge in [0.1, 0.15) is 12.1 Å². The highest BCUT2D eigenvalue weighted by molar-refractivity contribution is 6.09. The second-order valence-corrected chi connectivity index (χ2v) is 6.33. The van der Waals surface area contributed by atoms with Crippen LogP contribution < -0.4 is 5.32 Å². The molecule has 2 aliphatic heterocycles. The summed E-state index contributed by atoms with van der Waals surface area (Å²) in [6, 6.07) is -0.561. The van der Waals surface area contributed by atoms with E-state index in [2.05, 4.69) is 5.32 Å². The van der Waals surface area contributed by atoms with Crippen molar-refractivity contribution in [3.63, 3.8) is 0 Å². The Bertz CT molecular complexity index is 543. The number of likely N-dealkylation sites (tertiary alicyclic amines) is 1. The minimum absolute atomic E-state index is 0.117. The zero-order valence-electron chi connectivity index (χ0n) is 13.7. The van der Waals surface area contributed by atoms with E-state index in [1.807, 2.05) is 13.8 Å². The van der Waals surface area contributed by atoms with E-state index >= 15 is 0 Å². The predicted octanol–water partition coefficient (Wildman–Crippen LogP) is 0.276. The van der Waals surface area contributed by atoms with Gasteiger partial charge in [-0.1, -0.05) is 20.8 Å². The number of urea groups is 1. The third kappa shape index (κ3) is 2.89. The van der Waals surface area contributed by atoms with Crippen LogP contribution in [0.15, 0.2) is 0 Å². The molecular weight excluding hydrogens is 302 g/mol. The molecule has 0 aromatic rings. The van der Waals surface area contributed by atoms with Crippen molar-refractivity contribution in [1.82, 2.24) is 15.1 Å². The van der Waals surface area contributed by atoms with Crippen LogP contribution >= 0.6 is 0 Å². The summed E-state index contributed by atoms with van der Waals surface area (Å²) in [5.74, 6) is -2.47. The molecule has 128 valence electrons. The summed E-state index contributed by atoms with van der Waals surface area (Å²) in [6.07, 6.45) is 0.918. The molecule has 0 radical (unpaired) electrons. The molecule has 2 aliphatic rings. The summed E-state index contributed by atoms with van der Waals surface area (Å²) in [6.45, 7) is 5.50. The average Bonchev–Trinajstić information content (AvgIpc) is 3.00. The van der Waals surface area contributed by atoms with Gasteiger partial charge in [0.15, 0.2) is 0 Å². The Morgan fingerprint density at radius 2 is 1.87 bits per heavy atom. The van der Waals surface area contributed by atoms with Crippen LogP contribution in [0.4, 0.5) is 4.79 Å². The first kappa shape index (κ1) is 17.2. The molecule has 2 N–H and O–H groups in total. The van der Waals surface area contributed by atoms with E-state index in [0.29, 0.717) is 19.4 Å². The molecule has 0 aromatic heterocycles. The quantitative estimate of drug-likeness (QED) is 0.706. The largest absolute Gasteiger partial charge is 0.481 e. The Hall–Kier alpha value is -2.12. The van der Waals surface area contributed by atoms with Crippen LogP contribution in [0.1, 0.15) is 33.6 Å². The fraction of sp³-hybridized carbons (Fsp3) is 0.733. The van der Waals surface area contributed by atoms with Crippen LogP contribution in [0.2, 0.25) is 0 Å². The lowest BCUT2D eigenvalue weighted by molar-refractivity contribution is -0.143. The normalized spacial score (nSPS) is 26.6. The summed E-state index contributed by atoms with van der Waals surface area (Å²) in [5.41, 5.74) is -0.931. The molecule has 23 heavy (non-hydrogen) atoms. The molecule has 2 saturated heterocycles. The summed E-state index contributed by atoms with van der Waals surface area (Å²) in [4.78, 5) is 50.3. The minimum Gasteiger partial charge on any atom is -0.481 e. The van der Waals surface area contributed by atoms with Gasteiger partial charge in [-0.25, -0.2) is 4.79 Å². The van der Waals surface area contributed by atoms with Crippen LogP contribution in [-0.2, 0) is 14.4 Å². The van der Waals surface area contributed by atoms with Crippen LogP contribution in [0.5, 0.6) is 0 Å². The number of amides is 4. The lowest BCUT2D eigenvalue weighted by atomic mass is 9.93. The van der Waals surface area contributed by atoms with Crippen molar-refractivity contribution in [2.24, 2.45) is 11.8 Å². The maximum atomic E-state index is 12.5. The molecule has 0 saturated carbocycles. The number of nitrogens with one attached hydrogen (secondary N) is 1. The molecule has 2 heterocycles. The number of nitrogens with zero attached hydrogens (tertiary/aromatic N) is 2. The zero-order chi connectivity index (χ0) is 17.4. The van der Waals surface area contributed by atoms with Crippen molar-refractivity contribution < 1.29 is 24.3 Å². The molecule has 0 aliphatic carbocycles. The van der Waals surface area contributed by atoms with Gasteiger partial charge in [-0.2, -0.15) is 0 Å². The van der Waals surface area contributed by atoms with E-state index in [1.54, 1.807) is 6.92 Å². The third-order valence-corrected chi connectivity index (χ3v) is 5.03. The first-order valence-electron chi connectivity index (χ1n) is 7.90. The van der Waals surface area contributed by atoms with Crippen molar-refractivity contribution >= 4 is 23.8 Å². The molecule has 0 unspecified atom stereocenters. The monoisotopic (exact) mass is 325 g/mol. The minimum atomic E-state index is -0.932. The van der Waals surface area contributed by atoms with E-state index in [-0.39, 0.29) is 24.9 Å². The lowest BCUT2D eigenvalue weighted by Crippen LogP contribution is -2.47. The number of carbonyl (C=O) groups excluding carboxylic acids is 3. The number of imide groups is 1. The molecule has 2 fully saturated rings. The van der Waals surface area contributed by atoms with Crippen molar-refractivity contribution in [2.45, 2.75) is 39.2 Å². The van der Waals surface area contributed by atoms with Gasteiger partial charge >= 0.3 is 12.0 Å². The molecular formula is C15H23N3O5. The number of hydrogen-bond donors (Lipinski definition) is 2. The zero-order valence-corrected chi connectivity index (χ0v) is 13.7. The van der Waals surface area contributed by atoms with Crippen molar-refractivity contribution in [3.05, 3.63) is 0 Å². The number of aliphatic carboxylic acids is 1. The van der Waals surface area contributed by atoms with Crippen LogP contribution in [0, 0.1) is 11.8 Å². The second kappa shape index (κ2) is 6.17. The van der Waals surface area contributed by atoms with E-state index in [9.17, 15) is 19.2 Å². The van der Waals surface area contributed by atoms with Gasteiger partial charge in [-0.15, -0.1) is 0 Å². The SMILES string of the molecule is CCC1(CC)NC(=O)N(CC(=O)N2C[C@@H](C)[C@H](C(=O)O)C2)C1=O. The van der Waals surface area contributed by atoms with Gasteiger partial charge in [0, 0.05) is 13.1 Å². The average molecular weight is 325 g/mol. The fourth-order valence-electron chi connectivity index (χ4n) is 3.28. The summed E-state index contributed by atoms with van der Waals surface area (Å²) in [5, 5.41) is 11.8. The van der Waals surface area contributed by atoms with E-state index in [4.69, 9.17) is 5.11 Å². The molecule has 2 atom stereocenters. The maximum absolute atomic E-state index is 12.5. The topological polar surface area (TPSA) is 107 Å². The smallest absolute Gasteiger partial charge is 0.325 e. The molecule has 2 rings (SSSR count). The molecule has 0 aromatic carbocycles. The maximum Gasteiger partial charge on any atom is 0.325 e. The molecule has 8 nitrogen and oxygen atoms in total. The number of carboxylic acids is 1. The molecule has 0 spiro atoms. The Kier molecular flexibility index (Phi) is 4.63. The fourth-order valence-corrected chi connectivity index (χ4v) is 3.28. The summed E-state index contributed by atoms with van der Waals surface area (Å²) >= 11 is 0. The van der Waals surface area contributed by atoms with Gasteiger partial charge in [0.2, 0.25) is 5.91 Å². The van der Waals surface area contributed by atoms with Crippen LogP contribution in [-0.4, -0.2) is 63.9 Å². The highest BCUT2D eigenvalue weighted by Crippen LogP contribution is 2.26. The predicted molar refractivity (Wildman–Crippen MR) is 80.4 cm³/mol. The van der Waals surface area contributed by atoms with Crippen molar-refractivity contribution in [1.29, 1.82) is 0 Å². The second-order valence-electron chi connectivity index (χ2n) is 6.33. The van der Waals surface area contributed by atoms with Gasteiger partial charge in [0.05, 0.1) is 5.92 Å². The molecule has 8 heteroatoms. The Morgan fingerprint density at radius 3 is 2.30 bits per heavy atom. The Labute approximate surface area is 134 Å². The highest BCUT2D eigenvalue weighted by atomic mass is 16.4. The Morgan fingerprint density at radius 1 is 1.26 bits per heavy atom. The Balaban J connectivity index is 2.05. The van der Waals surface area contributed by atoms with Crippen LogP contribution in [0.25, 0.3) is 0 Å². The van der Waals surface area contributed by atoms with Gasteiger partial charge in [0.25, 0.3) is 5.91 Å². The summed E-state index contributed by atoms with van der Waals surface area (Å²) in [7, 11) is 0. The number of carboxylic acid groups (broad SMARTS) is 1. The van der Waals surface area contributed by atoms with Gasteiger partial charge in [-0.05, 0) is 18.8 Å². The number of carbonyl (C=O) groups is 4. The number of hydrogen-bond acceptors (Lipinski definition) is 4. The molecule has 4 amide bonds. The van der Waals surface area contributed by atoms with E-state index < -0.39 is 29.4 Å². The first-order valence-corrected chi connectivity index (χ1v) is 7.90. The van der Waals surface area contributed by atoms with Crippen LogP contribution in [0.3, 0.4) is 0 Å². The lowest BCUT2D eigenvalue weighted by Gasteiger charge is -2.24.